The lowest BCUT2D eigenvalue weighted by Crippen LogP contribution is -2.21. The number of nitro groups is 1. The minimum Gasteiger partial charge on any atom is -0.511 e. The average Bonchev–Trinajstić information content (AvgIpc) is 3.14. The molecule has 0 radical (unpaired) electrons. The quantitative estimate of drug-likeness (QED) is 0.489. The maximum absolute atomic E-state index is 12.9. The second-order valence-electron chi connectivity index (χ2n) is 7.48. The van der Waals surface area contributed by atoms with Gasteiger partial charge >= 0.3 is 0 Å². The molecule has 0 spiro atoms. The number of aryl methyl sites for hydroxylation is 1. The summed E-state index contributed by atoms with van der Waals surface area (Å²) in [7, 11) is 0. The number of hydrogen-bond donors (Lipinski definition) is 1. The van der Waals surface area contributed by atoms with E-state index in [2.05, 4.69) is 0 Å². The number of nitrogens with zero attached hydrogens (tertiary/aromatic N) is 1. The zero-order valence-electron chi connectivity index (χ0n) is 15.9. The number of aliphatic hydroxyl groups excluding tert-OH is 1. The van der Waals surface area contributed by atoms with Crippen molar-refractivity contribution >= 4 is 28.6 Å². The van der Waals surface area contributed by atoms with Crippen molar-refractivity contribution in [2.45, 2.75) is 32.6 Å². The van der Waals surface area contributed by atoms with E-state index < -0.39 is 4.92 Å². The van der Waals surface area contributed by atoms with Gasteiger partial charge in [-0.2, -0.15) is 0 Å². The number of halogens is 1. The molecule has 0 heterocycles. The summed E-state index contributed by atoms with van der Waals surface area (Å²) in [6.45, 7) is 2.00. The molecule has 0 aromatic heterocycles. The van der Waals surface area contributed by atoms with Crippen LogP contribution in [0.4, 0.5) is 5.69 Å². The zero-order chi connectivity index (χ0) is 20.7. The number of carbonyl (C=O) groups is 1. The van der Waals surface area contributed by atoms with Gasteiger partial charge in [-0.25, -0.2) is 0 Å². The molecule has 2 aromatic carbocycles. The fourth-order valence-electron chi connectivity index (χ4n) is 4.27. The third kappa shape index (κ3) is 3.49. The van der Waals surface area contributed by atoms with Crippen LogP contribution in [0.2, 0.25) is 5.02 Å². The molecule has 2 aromatic rings. The van der Waals surface area contributed by atoms with Crippen LogP contribution in [0.5, 0.6) is 11.5 Å². The van der Waals surface area contributed by atoms with Gasteiger partial charge in [0.25, 0.3) is 5.69 Å². The summed E-state index contributed by atoms with van der Waals surface area (Å²) in [5.74, 6) is 1.04. The van der Waals surface area contributed by atoms with Crippen molar-refractivity contribution < 1.29 is 19.6 Å². The van der Waals surface area contributed by atoms with E-state index in [0.29, 0.717) is 29.1 Å². The Kier molecular flexibility index (Phi) is 5.04. The zero-order valence-corrected chi connectivity index (χ0v) is 16.6. The molecule has 29 heavy (non-hydrogen) atoms. The van der Waals surface area contributed by atoms with Crippen LogP contribution >= 0.6 is 11.6 Å². The minimum atomic E-state index is -0.557. The number of allylic oxidation sites excluding steroid dienone is 2. The van der Waals surface area contributed by atoms with Gasteiger partial charge in [0.2, 0.25) is 0 Å². The van der Waals surface area contributed by atoms with Crippen LogP contribution in [-0.2, 0) is 11.2 Å². The topological polar surface area (TPSA) is 89.7 Å². The van der Waals surface area contributed by atoms with Crippen molar-refractivity contribution in [2.75, 3.05) is 0 Å². The molecule has 6 nitrogen and oxygen atoms in total. The SMILES string of the molecule is CCc1ccc(Oc2ccc([N+](=O)[O-])c(Cl)c2)cc1C1=C(O)[C@H]2CC[C@H](C2)C1=O. The fourth-order valence-corrected chi connectivity index (χ4v) is 4.51. The first-order valence-electron chi connectivity index (χ1n) is 9.61. The van der Waals surface area contributed by atoms with Crippen molar-refractivity contribution in [1.82, 2.24) is 0 Å². The molecule has 2 aliphatic rings. The van der Waals surface area contributed by atoms with Gasteiger partial charge < -0.3 is 9.84 Å². The molecule has 0 saturated heterocycles. The van der Waals surface area contributed by atoms with Gasteiger partial charge in [-0.15, -0.1) is 0 Å². The maximum atomic E-state index is 12.9. The Morgan fingerprint density at radius 3 is 2.55 bits per heavy atom. The Bertz CT molecular complexity index is 1050. The van der Waals surface area contributed by atoms with Gasteiger partial charge in [0.05, 0.1) is 10.5 Å². The number of ether oxygens (including phenoxy) is 1. The van der Waals surface area contributed by atoms with Crippen LogP contribution in [0.3, 0.4) is 0 Å². The maximum Gasteiger partial charge on any atom is 0.288 e. The summed E-state index contributed by atoms with van der Waals surface area (Å²) in [5, 5.41) is 21.6. The molecule has 0 amide bonds. The number of carbonyl (C=O) groups excluding carboxylic acids is 1. The standard InChI is InChI=1S/C22H20ClNO5/c1-2-12-5-6-15(29-16-7-8-19(24(27)28)18(23)11-16)10-17(12)20-21(25)13-3-4-14(9-13)22(20)26/h5-8,10-11,13-14,25H,2-4,9H2,1H3/t13-,14+/m0/s1. The molecule has 150 valence electrons. The second kappa shape index (κ2) is 7.52. The van der Waals surface area contributed by atoms with E-state index in [9.17, 15) is 20.0 Å². The molecule has 1 fully saturated rings. The summed E-state index contributed by atoms with van der Waals surface area (Å²) in [4.78, 5) is 23.3. The number of aliphatic hydroxyl groups is 1. The first kappa shape index (κ1) is 19.5. The molecule has 2 aliphatic carbocycles. The molecular formula is C22H20ClNO5. The van der Waals surface area contributed by atoms with Crippen LogP contribution < -0.4 is 4.74 Å². The minimum absolute atomic E-state index is 0.00137. The highest BCUT2D eigenvalue weighted by Gasteiger charge is 2.41. The largest absolute Gasteiger partial charge is 0.511 e. The Morgan fingerprint density at radius 1 is 1.17 bits per heavy atom. The lowest BCUT2D eigenvalue weighted by Gasteiger charge is -2.23. The summed E-state index contributed by atoms with van der Waals surface area (Å²) >= 11 is 5.96. The van der Waals surface area contributed by atoms with Crippen LogP contribution in [0.1, 0.15) is 37.3 Å². The van der Waals surface area contributed by atoms with E-state index in [-0.39, 0.29) is 34.1 Å². The van der Waals surface area contributed by atoms with Gasteiger partial charge in [0.15, 0.2) is 5.78 Å². The highest BCUT2D eigenvalue weighted by atomic mass is 35.5. The summed E-state index contributed by atoms with van der Waals surface area (Å²) in [6.07, 6.45) is 3.09. The van der Waals surface area contributed by atoms with Crippen molar-refractivity contribution in [2.24, 2.45) is 11.8 Å². The van der Waals surface area contributed by atoms with Gasteiger partial charge in [0, 0.05) is 24.0 Å². The monoisotopic (exact) mass is 413 g/mol. The Balaban J connectivity index is 1.71. The number of ketones is 1. The Labute approximate surface area is 172 Å². The number of fused-ring (bicyclic) bond motifs is 2. The number of Topliss-reactive ketones (excluding diaryl/α,β-unsaturated/α-hetero) is 1. The molecular weight excluding hydrogens is 394 g/mol. The summed E-state index contributed by atoms with van der Waals surface area (Å²) in [6, 6.07) is 9.55. The number of benzene rings is 2. The average molecular weight is 414 g/mol. The third-order valence-electron chi connectivity index (χ3n) is 5.78. The van der Waals surface area contributed by atoms with Crippen molar-refractivity contribution in [3.63, 3.8) is 0 Å². The third-order valence-corrected chi connectivity index (χ3v) is 6.08. The number of rotatable bonds is 5. The molecule has 0 aliphatic heterocycles. The molecule has 1 N–H and O–H groups in total. The number of hydrogen-bond acceptors (Lipinski definition) is 5. The molecule has 7 heteroatoms. The molecule has 0 unspecified atom stereocenters. The summed E-state index contributed by atoms with van der Waals surface area (Å²) in [5.41, 5.74) is 1.86. The molecule has 2 bridgehead atoms. The van der Waals surface area contributed by atoms with Crippen LogP contribution in [0.25, 0.3) is 5.57 Å². The number of nitro benzene ring substituents is 1. The van der Waals surface area contributed by atoms with Gasteiger partial charge in [-0.05, 0) is 55.0 Å². The highest BCUT2D eigenvalue weighted by Crippen LogP contribution is 2.46. The lowest BCUT2D eigenvalue weighted by atomic mass is 9.81. The van der Waals surface area contributed by atoms with Gasteiger partial charge in [-0.3, -0.25) is 14.9 Å². The highest BCUT2D eigenvalue weighted by molar-refractivity contribution is 6.32. The van der Waals surface area contributed by atoms with Crippen LogP contribution in [0, 0.1) is 22.0 Å². The van der Waals surface area contributed by atoms with E-state index in [0.717, 1.165) is 24.8 Å². The van der Waals surface area contributed by atoms with Crippen molar-refractivity contribution in [3.05, 3.63) is 68.4 Å². The van der Waals surface area contributed by atoms with E-state index in [1.165, 1.54) is 18.2 Å². The summed E-state index contributed by atoms with van der Waals surface area (Å²) < 4.78 is 5.84. The fraction of sp³-hybridized carbons (Fsp3) is 0.318. The normalized spacial score (nSPS) is 20.8. The van der Waals surface area contributed by atoms with Crippen molar-refractivity contribution in [1.29, 1.82) is 0 Å². The second-order valence-corrected chi connectivity index (χ2v) is 7.88. The predicted octanol–water partition coefficient (Wildman–Crippen LogP) is 5.87. The van der Waals surface area contributed by atoms with E-state index in [1.54, 1.807) is 12.1 Å². The van der Waals surface area contributed by atoms with Crippen LogP contribution in [0.15, 0.2) is 42.2 Å². The van der Waals surface area contributed by atoms with Gasteiger partial charge in [0.1, 0.15) is 22.3 Å². The first-order chi connectivity index (χ1) is 13.9. The van der Waals surface area contributed by atoms with Crippen LogP contribution in [-0.4, -0.2) is 15.8 Å². The first-order valence-corrected chi connectivity index (χ1v) is 9.99. The van der Waals surface area contributed by atoms with Crippen molar-refractivity contribution in [3.8, 4) is 11.5 Å². The Hall–Kier alpha value is -2.86. The lowest BCUT2D eigenvalue weighted by molar-refractivity contribution is -0.384. The van der Waals surface area contributed by atoms with E-state index >= 15 is 0 Å². The van der Waals surface area contributed by atoms with E-state index in [4.69, 9.17) is 16.3 Å². The Morgan fingerprint density at radius 2 is 1.86 bits per heavy atom. The smallest absolute Gasteiger partial charge is 0.288 e. The van der Waals surface area contributed by atoms with E-state index in [1.807, 2.05) is 13.0 Å². The molecule has 4 rings (SSSR count). The van der Waals surface area contributed by atoms with Gasteiger partial charge in [-0.1, -0.05) is 24.6 Å². The predicted molar refractivity (Wildman–Crippen MR) is 109 cm³/mol. The molecule has 1 saturated carbocycles. The molecule has 2 atom stereocenters.